The van der Waals surface area contributed by atoms with E-state index >= 15 is 0 Å². The van der Waals surface area contributed by atoms with Gasteiger partial charge in [-0.05, 0) is 0 Å². The maximum Gasteiger partial charge on any atom is 0.163 e. The van der Waals surface area contributed by atoms with Crippen molar-refractivity contribution >= 4 is 12.0 Å². The van der Waals surface area contributed by atoms with Gasteiger partial charge in [0.25, 0.3) is 0 Å². The smallest absolute Gasteiger partial charge is 0.163 e. The summed E-state index contributed by atoms with van der Waals surface area (Å²) in [6.45, 7) is 0.870. The monoisotopic (exact) mass is 277 g/mol. The van der Waals surface area contributed by atoms with Crippen molar-refractivity contribution in [1.82, 2.24) is 4.90 Å². The van der Waals surface area contributed by atoms with Gasteiger partial charge >= 0.3 is 0 Å². The fourth-order valence-corrected chi connectivity index (χ4v) is 1.43. The molecule has 0 N–H and O–H groups in total. The number of nitriles is 1. The molecule has 0 spiro atoms. The van der Waals surface area contributed by atoms with Crippen LogP contribution in [0.5, 0.6) is 11.5 Å². The van der Waals surface area contributed by atoms with E-state index in [0.29, 0.717) is 36.0 Å². The second kappa shape index (κ2) is 8.02. The Hall–Kier alpha value is -2.26. The molecule has 0 atom stereocenters. The zero-order valence-corrected chi connectivity index (χ0v) is 12.2. The van der Waals surface area contributed by atoms with Gasteiger partial charge in [0.2, 0.25) is 0 Å². The molecule has 1 aromatic carbocycles. The highest BCUT2D eigenvalue weighted by molar-refractivity contribution is 5.68. The van der Waals surface area contributed by atoms with E-state index in [-0.39, 0.29) is 0 Å². The minimum atomic E-state index is 0.398. The molecule has 0 fully saturated rings. The quantitative estimate of drug-likeness (QED) is 0.432. The van der Waals surface area contributed by atoms with E-state index in [1.165, 1.54) is 7.11 Å². The number of ether oxygens (including phenoxy) is 3. The number of benzene rings is 1. The fraction of sp³-hybridized carbons (Fsp3) is 0.429. The third kappa shape index (κ3) is 4.44. The van der Waals surface area contributed by atoms with E-state index < -0.39 is 0 Å². The molecule has 0 aliphatic rings. The Balaban J connectivity index is 3.09. The lowest BCUT2D eigenvalue weighted by atomic mass is 10.1. The molecule has 20 heavy (non-hydrogen) atoms. The van der Waals surface area contributed by atoms with Gasteiger partial charge in [0.15, 0.2) is 11.5 Å². The minimum Gasteiger partial charge on any atom is -0.493 e. The van der Waals surface area contributed by atoms with Gasteiger partial charge < -0.3 is 19.1 Å². The maximum atomic E-state index is 9.15. The van der Waals surface area contributed by atoms with Crippen LogP contribution in [0.3, 0.4) is 0 Å². The first-order valence-corrected chi connectivity index (χ1v) is 6.06. The van der Waals surface area contributed by atoms with Crippen LogP contribution in [0.15, 0.2) is 17.1 Å². The second-order valence-electron chi connectivity index (χ2n) is 4.18. The van der Waals surface area contributed by atoms with Crippen LogP contribution in [0.25, 0.3) is 0 Å². The summed E-state index contributed by atoms with van der Waals surface area (Å²) < 4.78 is 15.7. The van der Waals surface area contributed by atoms with Gasteiger partial charge in [0, 0.05) is 33.3 Å². The highest BCUT2D eigenvalue weighted by Crippen LogP contribution is 2.34. The van der Waals surface area contributed by atoms with Crippen LogP contribution in [0.4, 0.5) is 5.69 Å². The second-order valence-corrected chi connectivity index (χ2v) is 4.18. The molecule has 0 aliphatic carbocycles. The SMILES string of the molecule is COCCOc1cc(/N=C\N(C)C)c(C#N)cc1OC. The van der Waals surface area contributed by atoms with Gasteiger partial charge in [-0.3, -0.25) is 0 Å². The lowest BCUT2D eigenvalue weighted by Gasteiger charge is -2.12. The Kier molecular flexibility index (Phi) is 6.33. The Labute approximate surface area is 119 Å². The van der Waals surface area contributed by atoms with Crippen molar-refractivity contribution in [3.05, 3.63) is 17.7 Å². The molecule has 6 heteroatoms. The average Bonchev–Trinajstić information content (AvgIpc) is 2.45. The summed E-state index contributed by atoms with van der Waals surface area (Å²) in [5, 5.41) is 9.15. The largest absolute Gasteiger partial charge is 0.493 e. The first-order chi connectivity index (χ1) is 9.62. The number of hydrogen-bond acceptors (Lipinski definition) is 5. The lowest BCUT2D eigenvalue weighted by molar-refractivity contribution is 0.144. The molecule has 0 aromatic heterocycles. The number of methoxy groups -OCH3 is 2. The van der Waals surface area contributed by atoms with Gasteiger partial charge in [0.1, 0.15) is 12.7 Å². The van der Waals surface area contributed by atoms with Gasteiger partial charge in [0.05, 0.1) is 31.3 Å². The molecular formula is C14H19N3O3. The van der Waals surface area contributed by atoms with Crippen LogP contribution >= 0.6 is 0 Å². The van der Waals surface area contributed by atoms with Crippen molar-refractivity contribution in [2.45, 2.75) is 0 Å². The van der Waals surface area contributed by atoms with Crippen LogP contribution in [-0.4, -0.2) is 52.8 Å². The molecule has 0 aliphatic heterocycles. The van der Waals surface area contributed by atoms with Crippen molar-refractivity contribution in [3.63, 3.8) is 0 Å². The molecule has 0 heterocycles. The van der Waals surface area contributed by atoms with E-state index in [1.54, 1.807) is 30.5 Å². The zero-order chi connectivity index (χ0) is 15.0. The van der Waals surface area contributed by atoms with Gasteiger partial charge in [-0.25, -0.2) is 4.99 Å². The van der Waals surface area contributed by atoms with Crippen molar-refractivity contribution in [3.8, 4) is 17.6 Å². The Morgan fingerprint density at radius 3 is 2.55 bits per heavy atom. The van der Waals surface area contributed by atoms with Gasteiger partial charge in [-0.15, -0.1) is 0 Å². The third-order valence-electron chi connectivity index (χ3n) is 2.38. The summed E-state index contributed by atoms with van der Waals surface area (Å²) in [7, 11) is 6.85. The van der Waals surface area contributed by atoms with Crippen molar-refractivity contribution in [2.24, 2.45) is 4.99 Å². The molecular weight excluding hydrogens is 258 g/mol. The van der Waals surface area contributed by atoms with Crippen LogP contribution < -0.4 is 9.47 Å². The molecule has 1 rings (SSSR count). The topological polar surface area (TPSA) is 67.1 Å². The predicted octanol–water partition coefficient (Wildman–Crippen LogP) is 1.81. The van der Waals surface area contributed by atoms with Crippen LogP contribution in [0.1, 0.15) is 5.56 Å². The standard InChI is InChI=1S/C14H19N3O3/c1-17(2)10-16-12-8-14(20-6-5-18-3)13(19-4)7-11(12)9-15/h7-8,10H,5-6H2,1-4H3/b16-10-. The summed E-state index contributed by atoms with van der Waals surface area (Å²) in [6.07, 6.45) is 1.63. The lowest BCUT2D eigenvalue weighted by Crippen LogP contribution is -2.07. The molecule has 0 saturated heterocycles. The van der Waals surface area contributed by atoms with E-state index in [9.17, 15) is 0 Å². The van der Waals surface area contributed by atoms with Crippen molar-refractivity contribution in [1.29, 1.82) is 5.26 Å². The highest BCUT2D eigenvalue weighted by Gasteiger charge is 2.11. The summed E-state index contributed by atoms with van der Waals surface area (Å²) in [5.41, 5.74) is 0.966. The molecule has 6 nitrogen and oxygen atoms in total. The van der Waals surface area contributed by atoms with Gasteiger partial charge in [-0.2, -0.15) is 5.26 Å². The molecule has 0 bridgehead atoms. The fourth-order valence-electron chi connectivity index (χ4n) is 1.43. The number of rotatable bonds is 7. The van der Waals surface area contributed by atoms with Crippen molar-refractivity contribution < 1.29 is 14.2 Å². The average molecular weight is 277 g/mol. The molecule has 0 unspecified atom stereocenters. The first-order valence-electron chi connectivity index (χ1n) is 6.06. The predicted molar refractivity (Wildman–Crippen MR) is 76.9 cm³/mol. The van der Waals surface area contributed by atoms with E-state index in [2.05, 4.69) is 11.1 Å². The van der Waals surface area contributed by atoms with Crippen LogP contribution in [-0.2, 0) is 4.74 Å². The molecule has 0 saturated carbocycles. The van der Waals surface area contributed by atoms with Crippen LogP contribution in [0, 0.1) is 11.3 Å². The highest BCUT2D eigenvalue weighted by atomic mass is 16.5. The zero-order valence-electron chi connectivity index (χ0n) is 12.2. The minimum absolute atomic E-state index is 0.398. The molecule has 1 aromatic rings. The van der Waals surface area contributed by atoms with E-state index in [1.807, 2.05) is 14.1 Å². The third-order valence-corrected chi connectivity index (χ3v) is 2.38. The van der Waals surface area contributed by atoms with E-state index in [4.69, 9.17) is 19.5 Å². The maximum absolute atomic E-state index is 9.15. The Bertz CT molecular complexity index is 507. The summed E-state index contributed by atoms with van der Waals surface area (Å²) >= 11 is 0. The molecule has 0 amide bonds. The number of hydrogen-bond donors (Lipinski definition) is 0. The summed E-state index contributed by atoms with van der Waals surface area (Å²) in [6, 6.07) is 5.40. The molecule has 108 valence electrons. The summed E-state index contributed by atoms with van der Waals surface area (Å²) in [4.78, 5) is 6.04. The van der Waals surface area contributed by atoms with Crippen LogP contribution in [0.2, 0.25) is 0 Å². The molecule has 0 radical (unpaired) electrons. The summed E-state index contributed by atoms with van der Waals surface area (Å²) in [5.74, 6) is 1.04. The normalized spacial score (nSPS) is 10.3. The number of aliphatic imine (C=N–C) groups is 1. The van der Waals surface area contributed by atoms with Crippen molar-refractivity contribution in [2.75, 3.05) is 41.5 Å². The van der Waals surface area contributed by atoms with Gasteiger partial charge in [-0.1, -0.05) is 0 Å². The first kappa shape index (κ1) is 15.8. The Morgan fingerprint density at radius 2 is 2.00 bits per heavy atom. The Morgan fingerprint density at radius 1 is 1.25 bits per heavy atom. The number of nitrogens with zero attached hydrogens (tertiary/aromatic N) is 3. The van der Waals surface area contributed by atoms with E-state index in [0.717, 1.165) is 0 Å².